The number of hydrogen-bond acceptors (Lipinski definition) is 4. The minimum Gasteiger partial charge on any atom is -0.481 e. The van der Waals surface area contributed by atoms with Gasteiger partial charge in [0.05, 0.1) is 12.7 Å². The van der Waals surface area contributed by atoms with Crippen molar-refractivity contribution in [2.45, 2.75) is 13.3 Å². The molecule has 1 heterocycles. The normalized spacial score (nSPS) is 11.9. The van der Waals surface area contributed by atoms with Crippen LogP contribution in [-0.4, -0.2) is 29.0 Å². The minimum absolute atomic E-state index is 0.159. The van der Waals surface area contributed by atoms with E-state index in [0.29, 0.717) is 0 Å². The SMILES string of the molecule is CCC(C(=O)O)C(=O)c1cccnc1OC. The van der Waals surface area contributed by atoms with E-state index in [1.165, 1.54) is 19.4 Å². The molecule has 1 aromatic heterocycles. The first-order valence-corrected chi connectivity index (χ1v) is 4.87. The average Bonchev–Trinajstić information content (AvgIpc) is 2.29. The van der Waals surface area contributed by atoms with Crippen molar-refractivity contribution in [2.24, 2.45) is 5.92 Å². The molecule has 0 aliphatic heterocycles. The number of Topliss-reactive ketones (excluding diaryl/α,β-unsaturated/α-hetero) is 1. The fourth-order valence-corrected chi connectivity index (χ4v) is 1.40. The summed E-state index contributed by atoms with van der Waals surface area (Å²) in [5.74, 6) is -2.48. The first kappa shape index (κ1) is 12.2. The van der Waals surface area contributed by atoms with Crippen molar-refractivity contribution in [3.63, 3.8) is 0 Å². The first-order chi connectivity index (χ1) is 7.61. The lowest BCUT2D eigenvalue weighted by Crippen LogP contribution is -2.23. The van der Waals surface area contributed by atoms with Gasteiger partial charge in [0.15, 0.2) is 5.78 Å². The molecule has 0 aliphatic rings. The number of ketones is 1. The molecule has 0 amide bonds. The van der Waals surface area contributed by atoms with Gasteiger partial charge in [-0.2, -0.15) is 0 Å². The molecule has 5 heteroatoms. The zero-order chi connectivity index (χ0) is 12.1. The number of ether oxygens (including phenoxy) is 1. The summed E-state index contributed by atoms with van der Waals surface area (Å²) in [4.78, 5) is 26.6. The molecule has 86 valence electrons. The fraction of sp³-hybridized carbons (Fsp3) is 0.364. The molecule has 0 spiro atoms. The van der Waals surface area contributed by atoms with Crippen LogP contribution in [0.15, 0.2) is 18.3 Å². The summed E-state index contributed by atoms with van der Waals surface area (Å²) in [5, 5.41) is 8.89. The van der Waals surface area contributed by atoms with Crippen LogP contribution in [0.1, 0.15) is 23.7 Å². The number of carboxylic acid groups (broad SMARTS) is 1. The predicted molar refractivity (Wildman–Crippen MR) is 56.5 cm³/mol. The maximum absolute atomic E-state index is 11.9. The van der Waals surface area contributed by atoms with Crippen LogP contribution in [0.4, 0.5) is 0 Å². The van der Waals surface area contributed by atoms with Crippen LogP contribution in [0.2, 0.25) is 0 Å². The van der Waals surface area contributed by atoms with Crippen molar-refractivity contribution in [2.75, 3.05) is 7.11 Å². The van der Waals surface area contributed by atoms with E-state index in [-0.39, 0.29) is 17.9 Å². The monoisotopic (exact) mass is 223 g/mol. The second kappa shape index (κ2) is 5.25. The highest BCUT2D eigenvalue weighted by Gasteiger charge is 2.27. The molecule has 0 saturated carbocycles. The molecule has 16 heavy (non-hydrogen) atoms. The van der Waals surface area contributed by atoms with E-state index < -0.39 is 17.7 Å². The van der Waals surface area contributed by atoms with E-state index in [9.17, 15) is 9.59 Å². The Morgan fingerprint density at radius 2 is 2.25 bits per heavy atom. The molecule has 1 N–H and O–H groups in total. The Balaban J connectivity index is 3.08. The standard InChI is InChI=1S/C11H13NO4/c1-3-7(11(14)15)9(13)8-5-4-6-12-10(8)16-2/h4-7H,3H2,1-2H3,(H,14,15). The summed E-state index contributed by atoms with van der Waals surface area (Å²) in [5.41, 5.74) is 0.208. The Morgan fingerprint density at radius 3 is 2.75 bits per heavy atom. The molecule has 0 aromatic carbocycles. The van der Waals surface area contributed by atoms with Gasteiger partial charge in [-0.3, -0.25) is 9.59 Å². The highest BCUT2D eigenvalue weighted by atomic mass is 16.5. The van der Waals surface area contributed by atoms with Crippen LogP contribution in [-0.2, 0) is 4.79 Å². The number of nitrogens with zero attached hydrogens (tertiary/aromatic N) is 1. The highest BCUT2D eigenvalue weighted by molar-refractivity contribution is 6.09. The van der Waals surface area contributed by atoms with E-state index >= 15 is 0 Å². The number of methoxy groups -OCH3 is 1. The average molecular weight is 223 g/mol. The molecular formula is C11H13NO4. The third-order valence-corrected chi connectivity index (χ3v) is 2.25. The van der Waals surface area contributed by atoms with Crippen molar-refractivity contribution in [1.29, 1.82) is 0 Å². The molecule has 1 atom stereocenters. The summed E-state index contributed by atoms with van der Waals surface area (Å²) in [6.07, 6.45) is 1.73. The lowest BCUT2D eigenvalue weighted by molar-refractivity contribution is -0.140. The summed E-state index contributed by atoms with van der Waals surface area (Å²) in [6, 6.07) is 3.09. The number of aromatic nitrogens is 1. The van der Waals surface area contributed by atoms with Gasteiger partial charge in [-0.05, 0) is 18.6 Å². The van der Waals surface area contributed by atoms with Gasteiger partial charge in [-0.1, -0.05) is 6.92 Å². The van der Waals surface area contributed by atoms with Gasteiger partial charge in [0.1, 0.15) is 5.92 Å². The number of carbonyl (C=O) groups excluding carboxylic acids is 1. The second-order valence-corrected chi connectivity index (χ2v) is 3.22. The fourth-order valence-electron chi connectivity index (χ4n) is 1.40. The van der Waals surface area contributed by atoms with E-state index in [1.54, 1.807) is 13.0 Å². The lowest BCUT2D eigenvalue weighted by atomic mass is 9.96. The quantitative estimate of drug-likeness (QED) is 0.602. The van der Waals surface area contributed by atoms with Crippen LogP contribution in [0, 0.1) is 5.92 Å². The van der Waals surface area contributed by atoms with Gasteiger partial charge in [-0.15, -0.1) is 0 Å². The predicted octanol–water partition coefficient (Wildman–Crippen LogP) is 1.38. The largest absolute Gasteiger partial charge is 0.481 e. The smallest absolute Gasteiger partial charge is 0.314 e. The highest BCUT2D eigenvalue weighted by Crippen LogP contribution is 2.20. The molecule has 0 aliphatic carbocycles. The third kappa shape index (κ3) is 2.36. The Bertz CT molecular complexity index is 403. The molecule has 0 bridgehead atoms. The molecule has 1 aromatic rings. The summed E-state index contributed by atoms with van der Waals surface area (Å²) in [6.45, 7) is 1.65. The summed E-state index contributed by atoms with van der Waals surface area (Å²) in [7, 11) is 1.39. The van der Waals surface area contributed by atoms with Crippen LogP contribution < -0.4 is 4.74 Å². The summed E-state index contributed by atoms with van der Waals surface area (Å²) >= 11 is 0. The van der Waals surface area contributed by atoms with E-state index in [4.69, 9.17) is 9.84 Å². The van der Waals surface area contributed by atoms with Crippen LogP contribution in [0.5, 0.6) is 5.88 Å². The van der Waals surface area contributed by atoms with E-state index in [2.05, 4.69) is 4.98 Å². The van der Waals surface area contributed by atoms with Crippen LogP contribution in [0.25, 0.3) is 0 Å². The second-order valence-electron chi connectivity index (χ2n) is 3.22. The minimum atomic E-state index is -1.13. The number of aliphatic carboxylic acids is 1. The Hall–Kier alpha value is -1.91. The number of carbonyl (C=O) groups is 2. The molecular weight excluding hydrogens is 210 g/mol. The third-order valence-electron chi connectivity index (χ3n) is 2.25. The zero-order valence-corrected chi connectivity index (χ0v) is 9.14. The molecule has 5 nitrogen and oxygen atoms in total. The number of pyridine rings is 1. The van der Waals surface area contributed by atoms with E-state index in [0.717, 1.165) is 0 Å². The molecule has 0 radical (unpaired) electrons. The van der Waals surface area contributed by atoms with Crippen molar-refractivity contribution in [1.82, 2.24) is 4.98 Å². The van der Waals surface area contributed by atoms with Gasteiger partial charge in [0, 0.05) is 6.20 Å². The Labute approximate surface area is 93.1 Å². The van der Waals surface area contributed by atoms with Gasteiger partial charge < -0.3 is 9.84 Å². The van der Waals surface area contributed by atoms with Gasteiger partial charge >= 0.3 is 5.97 Å². The lowest BCUT2D eigenvalue weighted by Gasteiger charge is -2.10. The van der Waals surface area contributed by atoms with Gasteiger partial charge in [-0.25, -0.2) is 4.98 Å². The first-order valence-electron chi connectivity index (χ1n) is 4.87. The zero-order valence-electron chi connectivity index (χ0n) is 9.14. The van der Waals surface area contributed by atoms with Crippen molar-refractivity contribution in [3.05, 3.63) is 23.9 Å². The van der Waals surface area contributed by atoms with Gasteiger partial charge in [0.2, 0.25) is 5.88 Å². The topological polar surface area (TPSA) is 76.5 Å². The maximum atomic E-state index is 11.9. The van der Waals surface area contributed by atoms with Crippen molar-refractivity contribution < 1.29 is 19.4 Å². The molecule has 0 saturated heterocycles. The molecule has 1 rings (SSSR count). The van der Waals surface area contributed by atoms with Gasteiger partial charge in [0.25, 0.3) is 0 Å². The number of rotatable bonds is 5. The number of hydrogen-bond donors (Lipinski definition) is 1. The molecule has 0 fully saturated rings. The summed E-state index contributed by atoms with van der Waals surface area (Å²) < 4.78 is 4.92. The maximum Gasteiger partial charge on any atom is 0.314 e. The number of carboxylic acids is 1. The molecule has 1 unspecified atom stereocenters. The van der Waals surface area contributed by atoms with Crippen molar-refractivity contribution >= 4 is 11.8 Å². The Morgan fingerprint density at radius 1 is 1.56 bits per heavy atom. The Kier molecular flexibility index (Phi) is 3.99. The van der Waals surface area contributed by atoms with E-state index in [1.807, 2.05) is 0 Å². The van der Waals surface area contributed by atoms with Crippen LogP contribution >= 0.6 is 0 Å². The van der Waals surface area contributed by atoms with Crippen LogP contribution in [0.3, 0.4) is 0 Å². The van der Waals surface area contributed by atoms with Crippen molar-refractivity contribution in [3.8, 4) is 5.88 Å².